The first-order chi connectivity index (χ1) is 86.7. The topological polar surface area (TPSA) is 137 Å². The first-order valence-corrected chi connectivity index (χ1v) is 25.3. The van der Waals surface area contributed by atoms with Gasteiger partial charge in [0.25, 0.3) is 0 Å². The van der Waals surface area contributed by atoms with Gasteiger partial charge in [0.1, 0.15) is 30.3 Å². The Kier molecular flexibility index (Phi) is 6.57. The number of aliphatic hydroxyl groups is 2. The van der Waals surface area contributed by atoms with Crippen LogP contribution in [0.25, 0.3) is 11.0 Å². The fourth-order valence-electron chi connectivity index (χ4n) is 10.4. The summed E-state index contributed by atoms with van der Waals surface area (Å²) in [5, 5.41) is 20.7. The van der Waals surface area contributed by atoms with Crippen molar-refractivity contribution in [2.45, 2.75) is 133 Å². The van der Waals surface area contributed by atoms with E-state index in [1.54, 1.807) is 6.33 Å². The van der Waals surface area contributed by atoms with E-state index in [-0.39, 0.29) is 108 Å². The first kappa shape index (κ1) is 17.9. The predicted octanol–water partition coefficient (Wildman–Crippen LogP) is 21.8. The second-order valence-electron chi connectivity index (χ2n) is 19.1. The van der Waals surface area contributed by atoms with Crippen LogP contribution >= 0.6 is 23.2 Å². The number of aliphatic hydroxyl groups excluding tert-OH is 2. The smallest absolute Gasteiger partial charge is 1.00 e. The molecule has 4 aliphatic rings. The summed E-state index contributed by atoms with van der Waals surface area (Å²) in [6.45, 7) is 1.41. The second kappa shape index (κ2) is 25.7. The monoisotopic (exact) mass is 1220 g/mol. The average Bonchev–Trinajstić information content (AvgIpc) is 1.63. The maximum absolute atomic E-state index is 13.7. The van der Waals surface area contributed by atoms with Crippen molar-refractivity contribution in [3.63, 3.8) is 0 Å². The van der Waals surface area contributed by atoms with Gasteiger partial charge in [-0.2, -0.15) is 0 Å². The Hall–Kier alpha value is -3.88. The van der Waals surface area contributed by atoms with Gasteiger partial charge in [0.05, 0.1) is 71.9 Å². The van der Waals surface area contributed by atoms with Crippen LogP contribution < -0.4 is 39.0 Å². The number of nitrogens with zero attached hydrogens (tertiary/aromatic N) is 4. The number of pyridine rings is 2. The average molecular weight is 1220 g/mol. The number of halogens is 2. The van der Waals surface area contributed by atoms with Crippen molar-refractivity contribution in [2.75, 3.05) is 25.0 Å². The third-order valence-electron chi connectivity index (χ3n) is 14.5. The largest absolute Gasteiger partial charge is 1.00 e. The summed E-state index contributed by atoms with van der Waals surface area (Å²) < 4.78 is 561. The van der Waals surface area contributed by atoms with Crippen LogP contribution in [0.2, 0.25) is 0 Å². The van der Waals surface area contributed by atoms with Crippen molar-refractivity contribution >= 4 is 54.4 Å². The second-order valence-corrected chi connectivity index (χ2v) is 19.7. The molecule has 11 nitrogen and oxygen atoms in total. The van der Waals surface area contributed by atoms with Crippen molar-refractivity contribution < 1.29 is 225 Å². The number of alkyl halides is 2. The molecule has 475 valence electrons. The number of hydrogen-bond donors (Lipinski definition) is 2. The van der Waals surface area contributed by atoms with Crippen LogP contribution in [-0.4, -0.2) is 86.3 Å². The van der Waals surface area contributed by atoms with E-state index >= 15 is 0 Å². The predicted molar refractivity (Wildman–Crippen MR) is 388 cm³/mol. The molecule has 3 atom stereocenters. The maximum Gasteiger partial charge on any atom is 1.00 e. The molecule has 0 spiro atoms. The normalized spacial score (nSPS) is 27.3. The van der Waals surface area contributed by atoms with Gasteiger partial charge in [0.15, 0.2) is 5.78 Å². The molecule has 15 heteroatoms. The van der Waals surface area contributed by atoms with Gasteiger partial charge in [-0.05, 0) is 165 Å². The van der Waals surface area contributed by atoms with E-state index in [9.17, 15) is 19.8 Å². The fraction of sp³-hybridized carbons (Fsp3) is 0.491. The fourth-order valence-corrected chi connectivity index (χ4v) is 10.7. The molecule has 2 N–H and O–H groups in total. The zero-order valence-corrected chi connectivity index (χ0v) is 43.3. The van der Waals surface area contributed by atoms with Crippen LogP contribution in [0.15, 0.2) is 97.8 Å². The number of carbonyl (C=O) groups is 2. The number of hydrogen-bond acceptors (Lipinski definition) is 9. The van der Waals surface area contributed by atoms with Crippen molar-refractivity contribution in [1.82, 2.24) is 18.8 Å². The SMILES string of the molecule is C.CC(=O)OCC(CCl)Oc1ccc(C2CCC(C(=O)c3c(C4CC4)ccc4cncn34)CC2)cc1.OCC(CCl)Oc1ccc(C2CCC(C(O)c3c(C4CC4)ccc4cncn34)CC2)cc1.[2H][2H].[2H][2H].[2H][2H].[2H][2H].[2H][2H].[2H][2H].[2H][2H].[2H][2H].[2H][2H].[2H][2H].[2H][2H].[2H][2H].[2H][2H].[2H][2H].[2H][2H].[2H][2H].[2H][2H].[2H][2H].[2H][2H].[2H][2H].[2H][2H].[2H][2H].[2H][2H].[2H][2H].[2H][2H].[2H][2H].[2H][2H].[2H][2H].[2H][2H].[2H][2H].[2H][2H].[2H][2H].[2H][2H].[2H][2H].[2H][2H].[2H][2H].[2H][2H].[2H][2H].[2H][2H].[2H][2H].[2H][2H].[2H][2H].[2H][2H].[2H][2H].[2H][2H].[2H][2H].[2H][2H].[2H][2H].[2H][2H].[2H][2H].[2H][2H].[2H][2H].[2H][2H].[2H][2H].[B].[H-].[Na+]. The summed E-state index contributed by atoms with van der Waals surface area (Å²) in [7, 11) is 0. The van der Waals surface area contributed by atoms with E-state index in [2.05, 4.69) is 62.9 Å². The van der Waals surface area contributed by atoms with Gasteiger partial charge in [-0.15, -0.1) is 23.2 Å². The van der Waals surface area contributed by atoms with Crippen molar-refractivity contribution in [3.8, 4) is 11.5 Å². The number of carbonyl (C=O) groups excluding carboxylic acids is 2. The summed E-state index contributed by atoms with van der Waals surface area (Å²) in [6.07, 6.45) is 18.8. The molecule has 0 bridgehead atoms. The van der Waals surface area contributed by atoms with Gasteiger partial charge < -0.3 is 30.3 Å². The Morgan fingerprint density at radius 3 is 1.69 bits per heavy atom. The van der Waals surface area contributed by atoms with E-state index in [4.69, 9.17) is 198 Å². The molecule has 0 aliphatic heterocycles. The number of esters is 1. The van der Waals surface area contributed by atoms with Crippen molar-refractivity contribution in [3.05, 3.63) is 131 Å². The van der Waals surface area contributed by atoms with E-state index in [1.165, 1.54) is 54.9 Å². The molecule has 4 heterocycles. The summed E-state index contributed by atoms with van der Waals surface area (Å²) in [6, 6.07) is 24.8. The molecule has 3 unspecified atom stereocenters. The minimum atomic E-state index is -0.453. The Balaban J connectivity index is -0.0000000221. The molecule has 3 radical (unpaired) electrons. The Morgan fingerprint density at radius 2 is 1.17 bits per heavy atom. The minimum Gasteiger partial charge on any atom is -1.00 e. The number of Topliss-reactive ketones (excluding diaryl/α,β-unsaturated/α-hetero) is 1. The van der Waals surface area contributed by atoms with E-state index in [1.807, 2.05) is 47.4 Å². The molecule has 2 aromatic carbocycles. The van der Waals surface area contributed by atoms with Crippen LogP contribution in [0.1, 0.15) is 321 Å². The third-order valence-corrected chi connectivity index (χ3v) is 15.2. The molecule has 4 fully saturated rings. The van der Waals surface area contributed by atoms with Crippen LogP contribution in [0, 0.1) is 11.8 Å². The number of imidazole rings is 2. The van der Waals surface area contributed by atoms with Crippen molar-refractivity contribution in [2.24, 2.45) is 11.8 Å². The summed E-state index contributed by atoms with van der Waals surface area (Å²) >= 11 is 11.7. The zero-order chi connectivity index (χ0) is 154. The number of rotatable bonds is 17. The number of aromatic nitrogens is 4. The minimum absolute atomic E-state index is 0. The molecule has 0 saturated heterocycles. The summed E-state index contributed by atoms with van der Waals surface area (Å²) in [5.74, 6) is 4.25. The molecule has 6 aromatic rings. The molecule has 4 aliphatic carbocycles. The van der Waals surface area contributed by atoms with E-state index in [0.717, 1.165) is 79.5 Å². The van der Waals surface area contributed by atoms with Gasteiger partial charge in [-0.1, -0.05) is 43.8 Å². The van der Waals surface area contributed by atoms with Gasteiger partial charge in [-0.3, -0.25) is 14.0 Å². The van der Waals surface area contributed by atoms with Crippen molar-refractivity contribution in [1.29, 1.82) is 0 Å². The van der Waals surface area contributed by atoms with Gasteiger partial charge in [-0.25, -0.2) is 9.97 Å². The van der Waals surface area contributed by atoms with Crippen LogP contribution in [-0.2, 0) is 9.53 Å². The molecule has 10 rings (SSSR count). The molecule has 4 saturated carbocycles. The van der Waals surface area contributed by atoms with Gasteiger partial charge in [0, 0.05) is 182 Å². The van der Waals surface area contributed by atoms with Crippen LogP contribution in [0.5, 0.6) is 11.5 Å². The summed E-state index contributed by atoms with van der Waals surface area (Å²) in [5.41, 5.74) is 9.03. The van der Waals surface area contributed by atoms with Crippen LogP contribution in [0.4, 0.5) is 0 Å². The quantitative estimate of drug-likeness (QED) is 0.0396. The van der Waals surface area contributed by atoms with Gasteiger partial charge >= 0.3 is 35.5 Å². The zero-order valence-electron chi connectivity index (χ0n) is 149. The number of benzene rings is 2. The van der Waals surface area contributed by atoms with Gasteiger partial charge in [0.2, 0.25) is 0 Å². The van der Waals surface area contributed by atoms with E-state index < -0.39 is 6.10 Å². The van der Waals surface area contributed by atoms with E-state index in [0.29, 0.717) is 29.4 Å². The Bertz CT molecular complexity index is 2770. The maximum atomic E-state index is 13.7. The molecular formula is C55H175BCl2N4NaO7. The van der Waals surface area contributed by atoms with Crippen LogP contribution in [0.3, 0.4) is 0 Å². The molecule has 4 aromatic heterocycles. The number of fused-ring (bicyclic) bond motifs is 2. The molecule has 70 heavy (non-hydrogen) atoms. The first-order valence-electron chi connectivity index (χ1n) is 78.2. The Labute approximate surface area is 615 Å². The summed E-state index contributed by atoms with van der Waals surface area (Å²) in [4.78, 5) is 33.3. The standard InChI is InChI=1S/C28H31ClN2O4.C26H31ClN2O3.CH4.B.Na.54H2.H/c1-18(32)34-16-25(14-29)35-24-11-8-20(9-12-24)19-2-6-22(7-3-19)28(33)27-26(21-4-5-21)13-10-23-15-30-17-31(23)27;27-13-23(15-30)32-22-10-7-18(8-11-22)17-1-5-20(6-2-17)26(31)25-24(19-3-4-19)12-9-21-14-28-16-29(21)25;;;;;;;;;;;;;;;;;;;;;;;;;;;;;;;;;;;;;;;;;;;;;;;;;;;;;;;;;;/h8-13,15,17,19,21-22,25H,2-7,14,16H2,1H3;7-12,14,16-17,19-20,23,26,30-31H,1-6,13,15H2;1H4;;;54*1H;/q;;;;+1;;;;;;;;;;;;;;;;;;;;;;;;;;;;;;;;;;;;;;;;;;;;;;;;;;;;;;;-1/i;;;;;54*1+1D;. The molecular weight excluding hydrogens is 933 g/mol. The Morgan fingerprint density at radius 1 is 0.700 bits per heavy atom. The molecule has 0 amide bonds. The number of ketones is 1. The third kappa shape index (κ3) is 13.2. The number of ether oxygens (including phenoxy) is 3.